The lowest BCUT2D eigenvalue weighted by Crippen LogP contribution is -1.93. The number of carbonyl (C=O) groups is 1. The number of rotatable bonds is 2. The van der Waals surface area contributed by atoms with E-state index in [9.17, 15) is 13.6 Å². The van der Waals surface area contributed by atoms with Crippen molar-refractivity contribution < 1.29 is 18.7 Å². The Labute approximate surface area is 142 Å². The van der Waals surface area contributed by atoms with Crippen LogP contribution in [-0.2, 0) is 0 Å². The number of aliphatic hydroxyl groups excluding tert-OH is 1. The maximum absolute atomic E-state index is 12.7. The van der Waals surface area contributed by atoms with Crippen LogP contribution < -0.4 is 0 Å². The number of benzene rings is 2. The van der Waals surface area contributed by atoms with E-state index in [2.05, 4.69) is 31.9 Å². The lowest BCUT2D eigenvalue weighted by Gasteiger charge is -2.02. The Balaban J connectivity index is 0.000000224. The van der Waals surface area contributed by atoms with Crippen molar-refractivity contribution in [3.63, 3.8) is 0 Å². The number of aliphatic hydroxyl groups is 1. The molecule has 0 saturated heterocycles. The largest absolute Gasteiger partial charge is 0.374 e. The molecule has 22 heavy (non-hydrogen) atoms. The molecule has 0 spiro atoms. The van der Waals surface area contributed by atoms with Gasteiger partial charge in [-0.3, -0.25) is 4.79 Å². The Kier molecular flexibility index (Phi) is 7.32. The molecule has 0 fully saturated rings. The summed E-state index contributed by atoms with van der Waals surface area (Å²) in [5, 5.41) is 17.4. The van der Waals surface area contributed by atoms with Crippen molar-refractivity contribution in [1.29, 1.82) is 5.26 Å². The molecular weight excluding hydrogens is 424 g/mol. The Bertz CT molecular complexity index is 717. The number of hydrogen-bond donors (Lipinski definition) is 1. The fraction of sp³-hybridized carbons (Fsp3) is 0.0667. The zero-order chi connectivity index (χ0) is 16.7. The highest BCUT2D eigenvalue weighted by atomic mass is 79.9. The second-order valence-corrected chi connectivity index (χ2v) is 5.71. The fourth-order valence-electron chi connectivity index (χ4n) is 1.34. The summed E-state index contributed by atoms with van der Waals surface area (Å²) in [5.41, 5.74) is 0.846. The number of halogens is 4. The van der Waals surface area contributed by atoms with E-state index in [-0.39, 0.29) is 10.3 Å². The molecule has 0 aliphatic rings. The van der Waals surface area contributed by atoms with Gasteiger partial charge in [0.15, 0.2) is 6.10 Å². The Hall–Kier alpha value is -1.62. The number of nitrogens with zero attached hydrogens (tertiary/aromatic N) is 1. The van der Waals surface area contributed by atoms with Crippen LogP contribution in [0.2, 0.25) is 0 Å². The smallest absolute Gasteiger partial charge is 0.165 e. The molecule has 114 valence electrons. The topological polar surface area (TPSA) is 61.1 Å². The third kappa shape index (κ3) is 5.30. The minimum absolute atomic E-state index is 0.245. The van der Waals surface area contributed by atoms with Crippen molar-refractivity contribution in [2.24, 2.45) is 0 Å². The van der Waals surface area contributed by atoms with Gasteiger partial charge in [-0.2, -0.15) is 5.26 Å². The zero-order valence-corrected chi connectivity index (χ0v) is 14.1. The molecule has 2 aromatic carbocycles. The molecule has 2 rings (SSSR count). The standard InChI is InChI=1S/C8H5BrFNO.C7H4BrFO/c9-6-3-5(8(12)4-11)1-2-7(6)10;8-6-3-5(4-10)1-2-7(6)9/h1-3,8,12H;1-4H. The molecule has 0 radical (unpaired) electrons. The Morgan fingerprint density at radius 1 is 1.09 bits per heavy atom. The van der Waals surface area contributed by atoms with E-state index in [0.29, 0.717) is 21.9 Å². The second-order valence-electron chi connectivity index (χ2n) is 4.00. The van der Waals surface area contributed by atoms with Gasteiger partial charge in [-0.05, 0) is 67.8 Å². The van der Waals surface area contributed by atoms with Crippen LogP contribution in [0, 0.1) is 23.0 Å². The van der Waals surface area contributed by atoms with E-state index in [0.717, 1.165) is 0 Å². The molecule has 0 aromatic heterocycles. The molecule has 1 atom stereocenters. The summed E-state index contributed by atoms with van der Waals surface area (Å²) in [4.78, 5) is 10.1. The number of aldehydes is 1. The summed E-state index contributed by atoms with van der Waals surface area (Å²) in [5.74, 6) is -0.769. The van der Waals surface area contributed by atoms with E-state index >= 15 is 0 Å². The molecule has 0 heterocycles. The van der Waals surface area contributed by atoms with Gasteiger partial charge in [-0.1, -0.05) is 6.07 Å². The average Bonchev–Trinajstić information content (AvgIpc) is 2.52. The third-order valence-corrected chi connectivity index (χ3v) is 3.68. The van der Waals surface area contributed by atoms with Crippen LogP contribution in [0.1, 0.15) is 22.0 Å². The number of nitriles is 1. The normalized spacial score (nSPS) is 10.9. The van der Waals surface area contributed by atoms with Crippen LogP contribution in [0.25, 0.3) is 0 Å². The maximum atomic E-state index is 12.7. The van der Waals surface area contributed by atoms with Crippen LogP contribution >= 0.6 is 31.9 Å². The van der Waals surface area contributed by atoms with Gasteiger partial charge in [0.25, 0.3) is 0 Å². The van der Waals surface area contributed by atoms with Gasteiger partial charge in [-0.15, -0.1) is 0 Å². The first-order chi connectivity index (χ1) is 10.4. The van der Waals surface area contributed by atoms with Crippen molar-refractivity contribution in [2.45, 2.75) is 6.10 Å². The minimum atomic E-state index is -1.19. The summed E-state index contributed by atoms with van der Waals surface area (Å²) in [7, 11) is 0. The van der Waals surface area contributed by atoms with Crippen LogP contribution in [0.5, 0.6) is 0 Å². The van der Waals surface area contributed by atoms with Crippen LogP contribution in [0.15, 0.2) is 45.3 Å². The van der Waals surface area contributed by atoms with E-state index < -0.39 is 11.9 Å². The summed E-state index contributed by atoms with van der Waals surface area (Å²) in [6.45, 7) is 0. The number of hydrogen-bond acceptors (Lipinski definition) is 3. The molecule has 1 unspecified atom stereocenters. The van der Waals surface area contributed by atoms with Crippen molar-refractivity contribution in [3.05, 3.63) is 68.1 Å². The molecular formula is C15H9Br2F2NO2. The zero-order valence-electron chi connectivity index (χ0n) is 10.9. The summed E-state index contributed by atoms with van der Waals surface area (Å²) in [6, 6.07) is 9.68. The average molecular weight is 433 g/mol. The number of carbonyl (C=O) groups excluding carboxylic acids is 1. The molecule has 0 bridgehead atoms. The molecule has 0 aliphatic carbocycles. The summed E-state index contributed by atoms with van der Waals surface area (Å²) >= 11 is 5.90. The van der Waals surface area contributed by atoms with E-state index in [1.54, 1.807) is 6.07 Å². The van der Waals surface area contributed by atoms with Crippen molar-refractivity contribution >= 4 is 38.1 Å². The minimum Gasteiger partial charge on any atom is -0.374 e. The first-order valence-electron chi connectivity index (χ1n) is 5.82. The molecule has 2 aromatic rings. The highest BCUT2D eigenvalue weighted by Crippen LogP contribution is 2.20. The predicted molar refractivity (Wildman–Crippen MR) is 84.2 cm³/mol. The van der Waals surface area contributed by atoms with Gasteiger partial charge >= 0.3 is 0 Å². The third-order valence-electron chi connectivity index (χ3n) is 2.46. The quantitative estimate of drug-likeness (QED) is 0.559. The first-order valence-corrected chi connectivity index (χ1v) is 7.40. The monoisotopic (exact) mass is 431 g/mol. The Morgan fingerprint density at radius 3 is 2.09 bits per heavy atom. The van der Waals surface area contributed by atoms with Crippen molar-refractivity contribution in [1.82, 2.24) is 0 Å². The summed E-state index contributed by atoms with van der Waals surface area (Å²) < 4.78 is 25.7. The maximum Gasteiger partial charge on any atom is 0.165 e. The SMILES string of the molecule is N#CC(O)c1ccc(F)c(Br)c1.O=Cc1ccc(F)c(Br)c1. The van der Waals surface area contributed by atoms with Gasteiger partial charge in [-0.25, -0.2) is 8.78 Å². The molecule has 1 N–H and O–H groups in total. The van der Waals surface area contributed by atoms with Crippen molar-refractivity contribution in [3.8, 4) is 6.07 Å². The Morgan fingerprint density at radius 2 is 1.64 bits per heavy atom. The van der Waals surface area contributed by atoms with Gasteiger partial charge < -0.3 is 5.11 Å². The van der Waals surface area contributed by atoms with E-state index in [1.807, 2.05) is 0 Å². The van der Waals surface area contributed by atoms with Gasteiger partial charge in [0.05, 0.1) is 15.0 Å². The summed E-state index contributed by atoms with van der Waals surface area (Å²) in [6.07, 6.45) is -0.522. The lowest BCUT2D eigenvalue weighted by atomic mass is 10.1. The molecule has 7 heteroatoms. The predicted octanol–water partition coefficient (Wildman–Crippen LogP) is 4.55. The van der Waals surface area contributed by atoms with Gasteiger partial charge in [0.2, 0.25) is 0 Å². The van der Waals surface area contributed by atoms with Crippen molar-refractivity contribution in [2.75, 3.05) is 0 Å². The van der Waals surface area contributed by atoms with Crippen LogP contribution in [-0.4, -0.2) is 11.4 Å². The molecule has 3 nitrogen and oxygen atoms in total. The highest BCUT2D eigenvalue weighted by molar-refractivity contribution is 9.10. The highest BCUT2D eigenvalue weighted by Gasteiger charge is 2.07. The second kappa shape index (κ2) is 8.73. The van der Waals surface area contributed by atoms with E-state index in [1.165, 1.54) is 36.4 Å². The van der Waals surface area contributed by atoms with Gasteiger partial charge in [0.1, 0.15) is 17.9 Å². The lowest BCUT2D eigenvalue weighted by molar-refractivity contribution is 0.112. The molecule has 0 aliphatic heterocycles. The van der Waals surface area contributed by atoms with Gasteiger partial charge in [0, 0.05) is 5.56 Å². The molecule has 0 saturated carbocycles. The van der Waals surface area contributed by atoms with Crippen LogP contribution in [0.4, 0.5) is 8.78 Å². The first kappa shape index (κ1) is 18.4. The van der Waals surface area contributed by atoms with Crippen LogP contribution in [0.3, 0.4) is 0 Å². The van der Waals surface area contributed by atoms with E-state index in [4.69, 9.17) is 10.4 Å². The molecule has 0 amide bonds. The fourth-order valence-corrected chi connectivity index (χ4v) is 2.14.